The van der Waals surface area contributed by atoms with Gasteiger partial charge in [-0.05, 0) is 32.9 Å². The van der Waals surface area contributed by atoms with Gasteiger partial charge in [0, 0.05) is 11.6 Å². The normalized spacial score (nSPS) is 19.4. The first-order chi connectivity index (χ1) is 12.2. The van der Waals surface area contributed by atoms with E-state index in [1.807, 2.05) is 0 Å². The Morgan fingerprint density at radius 2 is 1.96 bits per heavy atom. The SMILES string of the molecule is COc1ccc(CN2C(=O)[C@@H](NC(=O)OC(C)(C)C)[C@H]2C=O)c(OC)c1. The summed E-state index contributed by atoms with van der Waals surface area (Å²) in [6.07, 6.45) is -0.0937. The smallest absolute Gasteiger partial charge is 0.408 e. The third kappa shape index (κ3) is 4.25. The van der Waals surface area contributed by atoms with Crippen molar-refractivity contribution < 1.29 is 28.6 Å². The number of aldehydes is 1. The van der Waals surface area contributed by atoms with E-state index in [0.717, 1.165) is 5.56 Å². The Morgan fingerprint density at radius 3 is 2.50 bits per heavy atom. The topological polar surface area (TPSA) is 94.2 Å². The van der Waals surface area contributed by atoms with Crippen LogP contribution in [0, 0.1) is 0 Å². The van der Waals surface area contributed by atoms with Crippen molar-refractivity contribution in [2.24, 2.45) is 0 Å². The fourth-order valence-corrected chi connectivity index (χ4v) is 2.65. The summed E-state index contributed by atoms with van der Waals surface area (Å²) in [4.78, 5) is 37.0. The zero-order valence-corrected chi connectivity index (χ0v) is 15.6. The van der Waals surface area contributed by atoms with Crippen molar-refractivity contribution in [3.05, 3.63) is 23.8 Å². The number of likely N-dealkylation sites (tertiary alicyclic amines) is 1. The van der Waals surface area contributed by atoms with Crippen molar-refractivity contribution in [1.29, 1.82) is 0 Å². The number of rotatable bonds is 6. The average molecular weight is 364 g/mol. The Labute approximate surface area is 152 Å². The van der Waals surface area contributed by atoms with Crippen molar-refractivity contribution >= 4 is 18.3 Å². The minimum Gasteiger partial charge on any atom is -0.497 e. The van der Waals surface area contributed by atoms with Crippen molar-refractivity contribution in [2.75, 3.05) is 14.2 Å². The zero-order chi connectivity index (χ0) is 19.5. The summed E-state index contributed by atoms with van der Waals surface area (Å²) in [5.74, 6) is 0.813. The number of amides is 2. The number of benzene rings is 1. The lowest BCUT2D eigenvalue weighted by molar-refractivity contribution is -0.154. The first kappa shape index (κ1) is 19.6. The van der Waals surface area contributed by atoms with Crippen LogP contribution in [0.25, 0.3) is 0 Å². The predicted molar refractivity (Wildman–Crippen MR) is 93.1 cm³/mol. The van der Waals surface area contributed by atoms with Gasteiger partial charge in [0.25, 0.3) is 0 Å². The number of hydrogen-bond donors (Lipinski definition) is 1. The largest absolute Gasteiger partial charge is 0.497 e. The minimum atomic E-state index is -0.924. The van der Waals surface area contributed by atoms with Gasteiger partial charge >= 0.3 is 6.09 Å². The molecule has 1 aromatic rings. The molecule has 2 rings (SSSR count). The molecule has 1 aromatic carbocycles. The highest BCUT2D eigenvalue weighted by atomic mass is 16.6. The lowest BCUT2D eigenvalue weighted by Crippen LogP contribution is -2.71. The molecular weight excluding hydrogens is 340 g/mol. The summed E-state index contributed by atoms with van der Waals surface area (Å²) in [5, 5.41) is 2.45. The second kappa shape index (κ2) is 7.63. The zero-order valence-electron chi connectivity index (χ0n) is 15.6. The van der Waals surface area contributed by atoms with E-state index < -0.39 is 23.8 Å². The van der Waals surface area contributed by atoms with Gasteiger partial charge in [-0.2, -0.15) is 0 Å². The fourth-order valence-electron chi connectivity index (χ4n) is 2.65. The Bertz CT molecular complexity index is 697. The number of hydrogen-bond acceptors (Lipinski definition) is 6. The standard InChI is InChI=1S/C18H24N2O6/c1-18(2,3)26-17(23)19-15-13(10-21)20(16(15)22)9-11-6-7-12(24-4)8-14(11)25-5/h6-8,10,13,15H,9H2,1-5H3,(H,19,23)/t13-,15+/m1/s1. The van der Waals surface area contributed by atoms with Crippen LogP contribution in [0.4, 0.5) is 4.79 Å². The van der Waals surface area contributed by atoms with Gasteiger partial charge in [-0.25, -0.2) is 4.79 Å². The summed E-state index contributed by atoms with van der Waals surface area (Å²) >= 11 is 0. The number of carbonyl (C=O) groups excluding carboxylic acids is 3. The number of nitrogens with one attached hydrogen (secondary N) is 1. The first-order valence-corrected chi connectivity index (χ1v) is 8.16. The molecule has 1 fully saturated rings. The molecule has 1 saturated heterocycles. The molecule has 0 bridgehead atoms. The van der Waals surface area contributed by atoms with E-state index in [9.17, 15) is 14.4 Å². The predicted octanol–water partition coefficient (Wildman–Crippen LogP) is 1.51. The highest BCUT2D eigenvalue weighted by Crippen LogP contribution is 2.29. The molecule has 0 unspecified atom stereocenters. The molecule has 8 nitrogen and oxygen atoms in total. The van der Waals surface area contributed by atoms with Gasteiger partial charge in [-0.1, -0.05) is 0 Å². The van der Waals surface area contributed by atoms with Gasteiger partial charge in [0.1, 0.15) is 35.5 Å². The summed E-state index contributed by atoms with van der Waals surface area (Å²) in [5.41, 5.74) is 0.0354. The minimum absolute atomic E-state index is 0.182. The van der Waals surface area contributed by atoms with E-state index in [1.54, 1.807) is 46.1 Å². The number of methoxy groups -OCH3 is 2. The average Bonchev–Trinajstić information content (AvgIpc) is 2.58. The second-order valence-electron chi connectivity index (χ2n) is 6.89. The molecule has 2 atom stereocenters. The third-order valence-corrected chi connectivity index (χ3v) is 3.90. The van der Waals surface area contributed by atoms with Gasteiger partial charge in [0.2, 0.25) is 5.91 Å². The van der Waals surface area contributed by atoms with Crippen LogP contribution < -0.4 is 14.8 Å². The number of nitrogens with zero attached hydrogens (tertiary/aromatic N) is 1. The molecule has 8 heteroatoms. The molecule has 0 spiro atoms. The molecular formula is C18H24N2O6. The van der Waals surface area contributed by atoms with E-state index in [2.05, 4.69) is 5.32 Å². The molecule has 0 radical (unpaired) electrons. The van der Waals surface area contributed by atoms with E-state index in [4.69, 9.17) is 14.2 Å². The highest BCUT2D eigenvalue weighted by molar-refractivity contribution is 5.98. The maximum absolute atomic E-state index is 12.4. The van der Waals surface area contributed by atoms with Crippen LogP contribution in [-0.4, -0.2) is 55.1 Å². The van der Waals surface area contributed by atoms with Crippen LogP contribution in [0.1, 0.15) is 26.3 Å². The van der Waals surface area contributed by atoms with Crippen LogP contribution >= 0.6 is 0 Å². The number of ether oxygens (including phenoxy) is 3. The van der Waals surface area contributed by atoms with Crippen LogP contribution in [0.5, 0.6) is 11.5 Å². The maximum Gasteiger partial charge on any atom is 0.408 e. The second-order valence-corrected chi connectivity index (χ2v) is 6.89. The molecule has 0 aliphatic carbocycles. The summed E-state index contributed by atoms with van der Waals surface area (Å²) in [7, 11) is 3.06. The maximum atomic E-state index is 12.4. The Balaban J connectivity index is 2.07. The van der Waals surface area contributed by atoms with Crippen LogP contribution in [-0.2, 0) is 20.9 Å². The molecule has 26 heavy (non-hydrogen) atoms. The lowest BCUT2D eigenvalue weighted by Gasteiger charge is -2.44. The van der Waals surface area contributed by atoms with Crippen molar-refractivity contribution in [3.63, 3.8) is 0 Å². The molecule has 1 aliphatic rings. The Morgan fingerprint density at radius 1 is 1.27 bits per heavy atom. The number of β-lactam (4-membered cyclic amide) rings is 1. The number of carbonyl (C=O) groups is 3. The van der Waals surface area contributed by atoms with E-state index in [1.165, 1.54) is 12.0 Å². The van der Waals surface area contributed by atoms with Gasteiger partial charge in [0.05, 0.1) is 20.8 Å². The molecule has 0 saturated carbocycles. The molecule has 1 N–H and O–H groups in total. The van der Waals surface area contributed by atoms with Gasteiger partial charge < -0.3 is 29.2 Å². The van der Waals surface area contributed by atoms with Gasteiger partial charge in [-0.3, -0.25) is 4.79 Å². The Kier molecular flexibility index (Phi) is 5.74. The van der Waals surface area contributed by atoms with Crippen molar-refractivity contribution in [1.82, 2.24) is 10.2 Å². The molecule has 2 amide bonds. The van der Waals surface area contributed by atoms with Crippen LogP contribution in [0.15, 0.2) is 18.2 Å². The van der Waals surface area contributed by atoms with Gasteiger partial charge in [0.15, 0.2) is 0 Å². The Hall–Kier alpha value is -2.77. The molecule has 142 valence electrons. The van der Waals surface area contributed by atoms with Crippen molar-refractivity contribution in [2.45, 2.75) is 45.0 Å². The highest BCUT2D eigenvalue weighted by Gasteiger charge is 2.48. The monoisotopic (exact) mass is 364 g/mol. The molecule has 0 aromatic heterocycles. The van der Waals surface area contributed by atoms with E-state index in [0.29, 0.717) is 17.8 Å². The fraction of sp³-hybridized carbons (Fsp3) is 0.500. The first-order valence-electron chi connectivity index (χ1n) is 8.16. The van der Waals surface area contributed by atoms with E-state index in [-0.39, 0.29) is 12.5 Å². The van der Waals surface area contributed by atoms with Gasteiger partial charge in [-0.15, -0.1) is 0 Å². The molecule has 1 aliphatic heterocycles. The lowest BCUT2D eigenvalue weighted by atomic mass is 9.95. The molecule has 1 heterocycles. The number of alkyl carbamates (subject to hydrolysis) is 1. The summed E-state index contributed by atoms with van der Waals surface area (Å²) in [6.45, 7) is 5.33. The van der Waals surface area contributed by atoms with Crippen molar-refractivity contribution in [3.8, 4) is 11.5 Å². The quantitative estimate of drug-likeness (QED) is 0.607. The summed E-state index contributed by atoms with van der Waals surface area (Å²) in [6, 6.07) is 3.52. The third-order valence-electron chi connectivity index (χ3n) is 3.90. The summed E-state index contributed by atoms with van der Waals surface area (Å²) < 4.78 is 15.6. The van der Waals surface area contributed by atoms with Crippen LogP contribution in [0.3, 0.4) is 0 Å². The van der Waals surface area contributed by atoms with E-state index >= 15 is 0 Å². The van der Waals surface area contributed by atoms with Crippen LogP contribution in [0.2, 0.25) is 0 Å².